The van der Waals surface area contributed by atoms with E-state index in [-0.39, 0.29) is 0 Å². The average Bonchev–Trinajstić information content (AvgIpc) is 3.11. The lowest BCUT2D eigenvalue weighted by Gasteiger charge is -2.23. The second-order valence-corrected chi connectivity index (χ2v) is 5.40. The van der Waals surface area contributed by atoms with Gasteiger partial charge in [0.05, 0.1) is 0 Å². The summed E-state index contributed by atoms with van der Waals surface area (Å²) in [5.74, 6) is 2.37. The molecule has 0 aromatic rings. The van der Waals surface area contributed by atoms with Gasteiger partial charge in [0, 0.05) is 18.5 Å². The van der Waals surface area contributed by atoms with Crippen molar-refractivity contribution in [3.05, 3.63) is 0 Å². The van der Waals surface area contributed by atoms with E-state index in [0.29, 0.717) is 17.9 Å². The molecule has 2 aliphatic carbocycles. The summed E-state index contributed by atoms with van der Waals surface area (Å²) in [7, 11) is 0. The number of carbonyl (C=O) groups excluding carboxylic acids is 1. The maximum Gasteiger partial charge on any atom is 0.223 e. The molecule has 2 N–H and O–H groups in total. The fourth-order valence-electron chi connectivity index (χ4n) is 2.84. The number of hydrogen-bond acceptors (Lipinski definition) is 2. The van der Waals surface area contributed by atoms with Crippen LogP contribution in [-0.4, -0.2) is 25.0 Å². The summed E-state index contributed by atoms with van der Waals surface area (Å²) >= 11 is 0. The minimum absolute atomic E-state index is 0.334. The van der Waals surface area contributed by atoms with E-state index < -0.39 is 0 Å². The molecule has 1 aliphatic heterocycles. The quantitative estimate of drug-likeness (QED) is 0.723. The molecule has 15 heavy (non-hydrogen) atoms. The zero-order valence-electron chi connectivity index (χ0n) is 9.17. The van der Waals surface area contributed by atoms with Crippen molar-refractivity contribution in [2.45, 2.75) is 38.1 Å². The summed E-state index contributed by atoms with van der Waals surface area (Å²) in [6, 6.07) is 0.395. The van der Waals surface area contributed by atoms with Crippen LogP contribution in [0.15, 0.2) is 0 Å². The van der Waals surface area contributed by atoms with Crippen LogP contribution in [0.2, 0.25) is 0 Å². The number of carbonyl (C=O) groups is 1. The van der Waals surface area contributed by atoms with Crippen LogP contribution in [0.25, 0.3) is 0 Å². The van der Waals surface area contributed by atoms with Crippen molar-refractivity contribution in [2.24, 2.45) is 17.8 Å². The maximum atomic E-state index is 11.9. The van der Waals surface area contributed by atoms with Crippen LogP contribution in [0.4, 0.5) is 0 Å². The zero-order chi connectivity index (χ0) is 10.3. The van der Waals surface area contributed by atoms with E-state index in [9.17, 15) is 4.79 Å². The van der Waals surface area contributed by atoms with Crippen molar-refractivity contribution in [1.82, 2.24) is 10.6 Å². The van der Waals surface area contributed by atoms with E-state index in [2.05, 4.69) is 10.6 Å². The molecule has 3 fully saturated rings. The molecule has 84 valence electrons. The standard InChI is InChI=1S/C12H20N2O/c15-12(11-6-10(11)8-3-4-8)14-9-2-1-5-13-7-9/h8-11,13H,1-7H2,(H,14,15). The topological polar surface area (TPSA) is 41.1 Å². The molecule has 3 aliphatic rings. The Morgan fingerprint density at radius 1 is 1.27 bits per heavy atom. The van der Waals surface area contributed by atoms with E-state index in [1.807, 2.05) is 0 Å². The summed E-state index contributed by atoms with van der Waals surface area (Å²) in [5.41, 5.74) is 0. The van der Waals surface area contributed by atoms with Crippen LogP contribution in [0.1, 0.15) is 32.1 Å². The summed E-state index contributed by atoms with van der Waals surface area (Å²) in [6.45, 7) is 2.08. The molecule has 0 spiro atoms. The molecule has 2 saturated carbocycles. The van der Waals surface area contributed by atoms with Crippen molar-refractivity contribution in [1.29, 1.82) is 0 Å². The molecule has 3 unspecified atom stereocenters. The van der Waals surface area contributed by atoms with Crippen molar-refractivity contribution in [3.63, 3.8) is 0 Å². The normalized spacial score (nSPS) is 39.9. The number of hydrogen-bond donors (Lipinski definition) is 2. The van der Waals surface area contributed by atoms with E-state index in [0.717, 1.165) is 37.8 Å². The molecular formula is C12H20N2O. The summed E-state index contributed by atoms with van der Waals surface area (Å²) in [4.78, 5) is 11.9. The Kier molecular flexibility index (Phi) is 2.43. The SMILES string of the molecule is O=C(NC1CCCNC1)C1CC1C1CC1. The minimum Gasteiger partial charge on any atom is -0.352 e. The van der Waals surface area contributed by atoms with Crippen molar-refractivity contribution in [2.75, 3.05) is 13.1 Å². The molecule has 1 heterocycles. The third-order valence-corrected chi connectivity index (χ3v) is 4.05. The first-order chi connectivity index (χ1) is 7.34. The zero-order valence-corrected chi connectivity index (χ0v) is 9.17. The molecular weight excluding hydrogens is 188 g/mol. The third kappa shape index (κ3) is 2.17. The van der Waals surface area contributed by atoms with Gasteiger partial charge in [0.2, 0.25) is 5.91 Å². The Bertz CT molecular complexity index is 256. The number of amides is 1. The van der Waals surface area contributed by atoms with Gasteiger partial charge < -0.3 is 10.6 Å². The molecule has 0 aromatic heterocycles. The van der Waals surface area contributed by atoms with E-state index >= 15 is 0 Å². The molecule has 3 nitrogen and oxygen atoms in total. The highest BCUT2D eigenvalue weighted by Gasteiger charge is 2.51. The van der Waals surface area contributed by atoms with Gasteiger partial charge in [-0.05, 0) is 50.5 Å². The lowest BCUT2D eigenvalue weighted by molar-refractivity contribution is -0.123. The highest BCUT2D eigenvalue weighted by Crippen LogP contribution is 2.54. The lowest BCUT2D eigenvalue weighted by Crippen LogP contribution is -2.46. The number of piperidine rings is 1. The van der Waals surface area contributed by atoms with Gasteiger partial charge in [0.15, 0.2) is 0 Å². The molecule has 0 aromatic carbocycles. The van der Waals surface area contributed by atoms with Crippen LogP contribution in [-0.2, 0) is 4.79 Å². The first-order valence-electron chi connectivity index (χ1n) is 6.35. The fourth-order valence-corrected chi connectivity index (χ4v) is 2.84. The van der Waals surface area contributed by atoms with Crippen molar-refractivity contribution in [3.8, 4) is 0 Å². The first kappa shape index (κ1) is 9.64. The average molecular weight is 208 g/mol. The summed E-state index contributed by atoms with van der Waals surface area (Å²) in [5, 5.41) is 6.52. The Morgan fingerprint density at radius 2 is 2.13 bits per heavy atom. The molecule has 0 radical (unpaired) electrons. The Hall–Kier alpha value is -0.570. The molecule has 0 bridgehead atoms. The molecule has 3 heteroatoms. The summed E-state index contributed by atoms with van der Waals surface area (Å²) in [6.07, 6.45) is 6.26. The number of rotatable bonds is 3. The lowest BCUT2D eigenvalue weighted by atomic mass is 10.1. The fraction of sp³-hybridized carbons (Fsp3) is 0.917. The highest BCUT2D eigenvalue weighted by molar-refractivity contribution is 5.82. The predicted octanol–water partition coefficient (Wildman–Crippen LogP) is 0.901. The van der Waals surface area contributed by atoms with Crippen LogP contribution < -0.4 is 10.6 Å². The van der Waals surface area contributed by atoms with Gasteiger partial charge in [-0.15, -0.1) is 0 Å². The third-order valence-electron chi connectivity index (χ3n) is 4.05. The van der Waals surface area contributed by atoms with E-state index in [4.69, 9.17) is 0 Å². The smallest absolute Gasteiger partial charge is 0.223 e. The summed E-state index contributed by atoms with van der Waals surface area (Å²) < 4.78 is 0. The van der Waals surface area contributed by atoms with E-state index in [1.54, 1.807) is 0 Å². The van der Waals surface area contributed by atoms with E-state index in [1.165, 1.54) is 19.3 Å². The Labute approximate surface area is 91.0 Å². The molecule has 1 saturated heterocycles. The number of nitrogens with one attached hydrogen (secondary N) is 2. The molecule has 3 atom stereocenters. The maximum absolute atomic E-state index is 11.9. The van der Waals surface area contributed by atoms with Gasteiger partial charge >= 0.3 is 0 Å². The van der Waals surface area contributed by atoms with Crippen molar-refractivity contribution < 1.29 is 4.79 Å². The van der Waals surface area contributed by atoms with Gasteiger partial charge in [-0.25, -0.2) is 0 Å². The van der Waals surface area contributed by atoms with Crippen LogP contribution in [0, 0.1) is 17.8 Å². The van der Waals surface area contributed by atoms with Gasteiger partial charge in [0.1, 0.15) is 0 Å². The second kappa shape index (κ2) is 3.78. The molecule has 3 rings (SSSR count). The predicted molar refractivity (Wildman–Crippen MR) is 58.4 cm³/mol. The monoisotopic (exact) mass is 208 g/mol. The van der Waals surface area contributed by atoms with Gasteiger partial charge in [-0.2, -0.15) is 0 Å². The van der Waals surface area contributed by atoms with Gasteiger partial charge in [-0.3, -0.25) is 4.79 Å². The van der Waals surface area contributed by atoms with Gasteiger partial charge in [0.25, 0.3) is 0 Å². The van der Waals surface area contributed by atoms with Crippen LogP contribution in [0.5, 0.6) is 0 Å². The second-order valence-electron chi connectivity index (χ2n) is 5.40. The molecule has 1 amide bonds. The van der Waals surface area contributed by atoms with Crippen LogP contribution in [0.3, 0.4) is 0 Å². The van der Waals surface area contributed by atoms with Gasteiger partial charge in [-0.1, -0.05) is 0 Å². The Balaban J connectivity index is 1.44. The van der Waals surface area contributed by atoms with Crippen molar-refractivity contribution >= 4 is 5.91 Å². The highest BCUT2D eigenvalue weighted by atomic mass is 16.2. The minimum atomic E-state index is 0.334. The van der Waals surface area contributed by atoms with Crippen LogP contribution >= 0.6 is 0 Å². The largest absolute Gasteiger partial charge is 0.352 e. The Morgan fingerprint density at radius 3 is 2.80 bits per heavy atom. The first-order valence-corrected chi connectivity index (χ1v) is 6.35.